The van der Waals surface area contributed by atoms with E-state index in [0.29, 0.717) is 5.69 Å². The van der Waals surface area contributed by atoms with Crippen molar-refractivity contribution in [2.45, 2.75) is 0 Å². The Kier molecular flexibility index (Phi) is 4.11. The van der Waals surface area contributed by atoms with Crippen molar-refractivity contribution in [3.05, 3.63) is 115 Å². The molecule has 0 spiro atoms. The Morgan fingerprint density at radius 1 is 0.588 bits per heavy atom. The number of hydrogen-bond donors (Lipinski definition) is 0. The molecule has 7 aromatic rings. The molecule has 158 valence electrons. The molecular weight excluding hydrogens is 434 g/mol. The second-order valence-electron chi connectivity index (χ2n) is 8.41. The van der Waals surface area contributed by atoms with E-state index in [-0.39, 0.29) is 0 Å². The molecule has 5 aromatic carbocycles. The molecule has 0 saturated carbocycles. The summed E-state index contributed by atoms with van der Waals surface area (Å²) in [4.78, 5) is 3.60. The smallest absolute Gasteiger partial charge is 0.187 e. The Bertz CT molecular complexity index is 1930. The molecule has 0 radical (unpaired) electrons. The Morgan fingerprint density at radius 2 is 1.24 bits per heavy atom. The average molecular weight is 452 g/mol. The van der Waals surface area contributed by atoms with Gasteiger partial charge < -0.3 is 4.42 Å². The van der Waals surface area contributed by atoms with Crippen LogP contribution in [0.4, 0.5) is 5.69 Å². The zero-order valence-electron chi connectivity index (χ0n) is 18.1. The standard InChI is InChI=1S/C31H17NOS/c1-32-20-9-4-8-19(18-20)21-11-5-12-23-24-13-6-14-25(30(24)33-29(21)23)27-16-7-15-26-22-10-2-3-17-28(22)34-31(26)27/h2-18H. The zero-order chi connectivity index (χ0) is 22.6. The predicted molar refractivity (Wildman–Crippen MR) is 144 cm³/mol. The molecule has 0 bridgehead atoms. The lowest BCUT2D eigenvalue weighted by Gasteiger charge is -2.05. The van der Waals surface area contributed by atoms with Crippen LogP contribution in [0, 0.1) is 6.57 Å². The van der Waals surface area contributed by atoms with Crippen LogP contribution in [-0.4, -0.2) is 0 Å². The van der Waals surface area contributed by atoms with Gasteiger partial charge in [-0.2, -0.15) is 0 Å². The number of furan rings is 1. The summed E-state index contributed by atoms with van der Waals surface area (Å²) in [7, 11) is 0. The largest absolute Gasteiger partial charge is 0.455 e. The molecule has 2 nitrogen and oxygen atoms in total. The molecule has 0 aliphatic heterocycles. The van der Waals surface area contributed by atoms with Crippen LogP contribution in [0.25, 0.3) is 69.2 Å². The van der Waals surface area contributed by atoms with E-state index in [1.807, 2.05) is 35.6 Å². The van der Waals surface area contributed by atoms with Gasteiger partial charge in [0, 0.05) is 47.6 Å². The Morgan fingerprint density at radius 3 is 2.06 bits per heavy atom. The molecule has 0 fully saturated rings. The SMILES string of the molecule is [C-]#[N+]c1cccc(-c2cccc3c2oc2c(-c4cccc5c4sc4ccccc45)cccc23)c1. The number of benzene rings is 5. The maximum atomic E-state index is 7.39. The maximum absolute atomic E-state index is 7.39. The van der Waals surface area contributed by atoms with Gasteiger partial charge in [-0.1, -0.05) is 91.0 Å². The summed E-state index contributed by atoms with van der Waals surface area (Å²) in [5.74, 6) is 0. The van der Waals surface area contributed by atoms with Gasteiger partial charge in [0.05, 0.1) is 6.57 Å². The lowest BCUT2D eigenvalue weighted by molar-refractivity contribution is 0.671. The summed E-state index contributed by atoms with van der Waals surface area (Å²) in [6, 6.07) is 35.5. The van der Waals surface area contributed by atoms with E-state index >= 15 is 0 Å². The second kappa shape index (κ2) is 7.31. The minimum atomic E-state index is 0.628. The summed E-state index contributed by atoms with van der Waals surface area (Å²) in [5, 5.41) is 4.77. The van der Waals surface area contributed by atoms with Crippen molar-refractivity contribution in [1.82, 2.24) is 0 Å². The Balaban J connectivity index is 1.53. The second-order valence-corrected chi connectivity index (χ2v) is 9.46. The van der Waals surface area contributed by atoms with Gasteiger partial charge in [-0.15, -0.1) is 11.3 Å². The number of para-hydroxylation sites is 2. The Labute approximate surface area is 200 Å². The van der Waals surface area contributed by atoms with Gasteiger partial charge >= 0.3 is 0 Å². The fraction of sp³-hybridized carbons (Fsp3) is 0. The van der Waals surface area contributed by atoms with Gasteiger partial charge in [0.15, 0.2) is 5.69 Å². The molecule has 0 saturated heterocycles. The summed E-state index contributed by atoms with van der Waals surface area (Å²) < 4.78 is 9.22. The summed E-state index contributed by atoms with van der Waals surface area (Å²) in [5.41, 5.74) is 6.68. The molecule has 7 rings (SSSR count). The van der Waals surface area contributed by atoms with E-state index in [4.69, 9.17) is 11.0 Å². The average Bonchev–Trinajstić information content (AvgIpc) is 3.47. The molecule has 0 atom stereocenters. The van der Waals surface area contributed by atoms with E-state index in [1.54, 1.807) is 0 Å². The first-order valence-electron chi connectivity index (χ1n) is 11.1. The van der Waals surface area contributed by atoms with Crippen molar-refractivity contribution in [2.24, 2.45) is 0 Å². The minimum absolute atomic E-state index is 0.628. The van der Waals surface area contributed by atoms with Crippen molar-refractivity contribution >= 4 is 59.1 Å². The van der Waals surface area contributed by atoms with Crippen LogP contribution in [0.2, 0.25) is 0 Å². The molecule has 0 N–H and O–H groups in total. The highest BCUT2D eigenvalue weighted by atomic mass is 32.1. The van der Waals surface area contributed by atoms with Gasteiger partial charge in [0.2, 0.25) is 0 Å². The van der Waals surface area contributed by atoms with E-state index in [1.165, 1.54) is 25.7 Å². The molecule has 2 heterocycles. The molecule has 0 aliphatic rings. The molecule has 3 heteroatoms. The van der Waals surface area contributed by atoms with Crippen LogP contribution in [0.1, 0.15) is 0 Å². The minimum Gasteiger partial charge on any atom is -0.455 e. The first kappa shape index (κ1) is 19.1. The van der Waals surface area contributed by atoms with Crippen molar-refractivity contribution in [3.63, 3.8) is 0 Å². The predicted octanol–water partition coefficient (Wildman–Crippen LogP) is 9.84. The maximum Gasteiger partial charge on any atom is 0.187 e. The van der Waals surface area contributed by atoms with Crippen molar-refractivity contribution in [2.75, 3.05) is 0 Å². The third-order valence-corrected chi connectivity index (χ3v) is 7.72. The fourth-order valence-corrected chi connectivity index (χ4v) is 6.19. The normalized spacial score (nSPS) is 11.5. The molecule has 0 amide bonds. The van der Waals surface area contributed by atoms with E-state index in [2.05, 4.69) is 83.7 Å². The Hall–Kier alpha value is -4.39. The first-order chi connectivity index (χ1) is 16.8. The van der Waals surface area contributed by atoms with Crippen molar-refractivity contribution < 1.29 is 4.42 Å². The fourth-order valence-electron chi connectivity index (χ4n) is 4.96. The lowest BCUT2D eigenvalue weighted by atomic mass is 9.99. The topological polar surface area (TPSA) is 17.5 Å². The molecule has 0 unspecified atom stereocenters. The van der Waals surface area contributed by atoms with Crippen LogP contribution in [0.15, 0.2) is 108 Å². The van der Waals surface area contributed by atoms with E-state index in [0.717, 1.165) is 38.6 Å². The third kappa shape index (κ3) is 2.73. The van der Waals surface area contributed by atoms with Gasteiger partial charge in [0.1, 0.15) is 11.2 Å². The summed E-state index contributed by atoms with van der Waals surface area (Å²) >= 11 is 1.83. The molecule has 2 aromatic heterocycles. The molecule has 0 aliphatic carbocycles. The van der Waals surface area contributed by atoms with Gasteiger partial charge in [-0.05, 0) is 17.7 Å². The summed E-state index contributed by atoms with van der Waals surface area (Å²) in [6.07, 6.45) is 0. The van der Waals surface area contributed by atoms with Gasteiger partial charge in [-0.3, -0.25) is 0 Å². The first-order valence-corrected chi connectivity index (χ1v) is 12.0. The van der Waals surface area contributed by atoms with Crippen molar-refractivity contribution in [1.29, 1.82) is 0 Å². The van der Waals surface area contributed by atoms with Gasteiger partial charge in [0.25, 0.3) is 0 Å². The van der Waals surface area contributed by atoms with Crippen LogP contribution in [0.5, 0.6) is 0 Å². The highest BCUT2D eigenvalue weighted by Gasteiger charge is 2.18. The molecular formula is C31H17NOS. The number of rotatable bonds is 2. The quantitative estimate of drug-likeness (QED) is 0.239. The molecule has 34 heavy (non-hydrogen) atoms. The highest BCUT2D eigenvalue weighted by molar-refractivity contribution is 7.26. The number of fused-ring (bicyclic) bond motifs is 6. The van der Waals surface area contributed by atoms with Crippen molar-refractivity contribution in [3.8, 4) is 22.3 Å². The zero-order valence-corrected chi connectivity index (χ0v) is 18.9. The lowest BCUT2D eigenvalue weighted by Crippen LogP contribution is -1.79. The van der Waals surface area contributed by atoms with E-state index in [9.17, 15) is 0 Å². The van der Waals surface area contributed by atoms with E-state index < -0.39 is 0 Å². The monoisotopic (exact) mass is 451 g/mol. The number of thiophene rings is 1. The third-order valence-electron chi connectivity index (χ3n) is 6.51. The number of hydrogen-bond acceptors (Lipinski definition) is 2. The van der Waals surface area contributed by atoms with Gasteiger partial charge in [-0.25, -0.2) is 4.85 Å². The summed E-state index contributed by atoms with van der Waals surface area (Å²) in [6.45, 7) is 7.39. The van der Waals surface area contributed by atoms with Crippen LogP contribution in [0.3, 0.4) is 0 Å². The van der Waals surface area contributed by atoms with Crippen LogP contribution in [-0.2, 0) is 0 Å². The highest BCUT2D eigenvalue weighted by Crippen LogP contribution is 2.44. The van der Waals surface area contributed by atoms with Crippen LogP contribution >= 0.6 is 11.3 Å². The van der Waals surface area contributed by atoms with Crippen LogP contribution < -0.4 is 0 Å². The number of nitrogens with zero attached hydrogens (tertiary/aromatic N) is 1.